The summed E-state index contributed by atoms with van der Waals surface area (Å²) in [5.74, 6) is 0. The summed E-state index contributed by atoms with van der Waals surface area (Å²) in [6.07, 6.45) is 0. The Kier molecular flexibility index (Phi) is 631000. The fourth-order valence-corrected chi connectivity index (χ4v) is 0. The van der Waals surface area contributed by atoms with Crippen LogP contribution in [0.2, 0.25) is 0 Å². The second-order valence-corrected chi connectivity index (χ2v) is 0. The first kappa shape index (κ1) is 2770. The molecule has 15 N–H and O–H groups in total. The van der Waals surface area contributed by atoms with E-state index in [1.807, 2.05) is 0 Å². The van der Waals surface area contributed by atoms with E-state index in [0.717, 1.165) is 0 Å². The molecular weight excluding hydrogens is 299 g/mol. The van der Waals surface area contributed by atoms with Crippen LogP contribution in [0.15, 0.2) is 0 Å². The maximum atomic E-state index is 0. The van der Waals surface area contributed by atoms with Gasteiger partial charge in [-0.3, -0.25) is 0 Å². The topological polar surface area (TPSA) is 230 Å². The summed E-state index contributed by atoms with van der Waals surface area (Å²) in [6, 6.07) is 0. The Bertz CT molecular complexity index is 11.2. The minimum atomic E-state index is 0. The molecule has 0 saturated carbocycles. The van der Waals surface area contributed by atoms with Gasteiger partial charge in [0, 0.05) is 0 Å². The van der Waals surface area contributed by atoms with E-state index < -0.39 is 0 Å². The third kappa shape index (κ3) is 1120. The van der Waals surface area contributed by atoms with E-state index in [1.165, 1.54) is 0 Å². The zero-order valence-corrected chi connectivity index (χ0v) is 6.76. The average molecular weight is 314 g/mol. The smallest absolute Gasteiger partial charge is 0.870 e. The van der Waals surface area contributed by atoms with Crippen LogP contribution in [0.3, 0.4) is 0 Å². The van der Waals surface area contributed by atoms with E-state index >= 15 is 0 Å². The van der Waals surface area contributed by atoms with E-state index in [-0.39, 0.29) is 62.1 Å². The van der Waals surface area contributed by atoms with Crippen LogP contribution in [0.5, 0.6) is 0 Å². The summed E-state index contributed by atoms with van der Waals surface area (Å²) in [6.45, 7) is 0. The van der Waals surface area contributed by atoms with Crippen molar-refractivity contribution in [2.75, 3.05) is 0 Å². The molecule has 0 rings (SSSR count). The molecule has 0 aromatic carbocycles. The summed E-state index contributed by atoms with van der Waals surface area (Å²) in [4.78, 5) is 0. The zero-order chi connectivity index (χ0) is 0. The van der Waals surface area contributed by atoms with Gasteiger partial charge in [-0.25, -0.2) is 0 Å². The Hall–Kier alpha value is 0.408. The maximum absolute atomic E-state index is 0. The van der Waals surface area contributed by atoms with Crippen molar-refractivity contribution in [3.8, 4) is 0 Å². The largest absolute Gasteiger partial charge is 2.00 e. The third-order valence-electron chi connectivity index (χ3n) is 0. The van der Waals surface area contributed by atoms with Gasteiger partial charge in [0.2, 0.25) is 0 Å². The zero-order valence-electron chi connectivity index (χ0n) is 4.49. The van der Waals surface area contributed by atoms with Crippen molar-refractivity contribution >= 4 is 0 Å². The van der Waals surface area contributed by atoms with Crippen molar-refractivity contribution in [1.82, 2.24) is 24.6 Å². The molecule has 0 saturated heterocycles. The molecule has 8 heavy (non-hydrogen) atoms. The maximum Gasteiger partial charge on any atom is 2.00 e. The van der Waals surface area contributed by atoms with Gasteiger partial charge in [-0.1, -0.05) is 0 Å². The molecule has 0 aliphatic rings. The molecule has 7 nitrogen and oxygen atoms in total. The van der Waals surface area contributed by atoms with Crippen molar-refractivity contribution in [3.63, 3.8) is 0 Å². The molecular formula is H15N4O3Pt-. The second-order valence-electron chi connectivity index (χ2n) is 0. The van der Waals surface area contributed by atoms with Crippen LogP contribution in [0, 0.1) is 0 Å². The molecule has 0 atom stereocenters. The van der Waals surface area contributed by atoms with E-state index in [1.54, 1.807) is 0 Å². The van der Waals surface area contributed by atoms with Crippen LogP contribution in [0.25, 0.3) is 0 Å². The van der Waals surface area contributed by atoms with Crippen molar-refractivity contribution in [3.05, 3.63) is 0 Å². The first-order valence-corrected chi connectivity index (χ1v) is 0. The van der Waals surface area contributed by atoms with Crippen LogP contribution in [-0.4, -0.2) is 16.4 Å². The molecule has 0 aliphatic heterocycles. The molecule has 0 heterocycles. The molecule has 8 heteroatoms. The minimum absolute atomic E-state index is 0. The molecule has 0 radical (unpaired) electrons. The number of hydrogen-bond acceptors (Lipinski definition) is 7. The van der Waals surface area contributed by atoms with Crippen LogP contribution < -0.4 is 24.6 Å². The van der Waals surface area contributed by atoms with Crippen molar-refractivity contribution in [1.29, 1.82) is 0 Å². The van der Waals surface area contributed by atoms with Gasteiger partial charge in [-0.2, -0.15) is 0 Å². The molecule has 64 valence electrons. The third-order valence-corrected chi connectivity index (χ3v) is 0. The van der Waals surface area contributed by atoms with Gasteiger partial charge in [0.05, 0.1) is 0 Å². The Balaban J connectivity index is 0. The fraction of sp³-hybridized carbons (Fsp3) is 0. The van der Waals surface area contributed by atoms with Gasteiger partial charge in [-0.15, -0.1) is 0 Å². The molecule has 0 aromatic heterocycles. The number of rotatable bonds is 0. The Morgan fingerprint density at radius 2 is 0.375 bits per heavy atom. The normalized spacial score (nSPS) is 0. The van der Waals surface area contributed by atoms with Gasteiger partial charge in [0.15, 0.2) is 0 Å². The minimum Gasteiger partial charge on any atom is -0.870 e. The van der Waals surface area contributed by atoms with Gasteiger partial charge in [0.25, 0.3) is 0 Å². The standard InChI is InChI=1S/4H3N.3H2O.Pt/h4*1H3;3*1H2;/q;;;;;;;+2/p-3. The summed E-state index contributed by atoms with van der Waals surface area (Å²) < 4.78 is 0. The Morgan fingerprint density at radius 1 is 0.375 bits per heavy atom. The summed E-state index contributed by atoms with van der Waals surface area (Å²) in [7, 11) is 0. The fourth-order valence-electron chi connectivity index (χ4n) is 0. The summed E-state index contributed by atoms with van der Waals surface area (Å²) >= 11 is 0. The van der Waals surface area contributed by atoms with Crippen molar-refractivity contribution in [2.24, 2.45) is 0 Å². The van der Waals surface area contributed by atoms with Gasteiger partial charge in [-0.05, 0) is 0 Å². The summed E-state index contributed by atoms with van der Waals surface area (Å²) in [5.41, 5.74) is 0. The summed E-state index contributed by atoms with van der Waals surface area (Å²) in [5, 5.41) is 0. The first-order valence-electron chi connectivity index (χ1n) is 0. The van der Waals surface area contributed by atoms with Crippen LogP contribution in [0.1, 0.15) is 0 Å². The van der Waals surface area contributed by atoms with E-state index in [0.29, 0.717) is 0 Å². The van der Waals surface area contributed by atoms with Crippen molar-refractivity contribution in [2.45, 2.75) is 0 Å². The van der Waals surface area contributed by atoms with E-state index in [4.69, 9.17) is 0 Å². The van der Waals surface area contributed by atoms with Gasteiger partial charge in [0.1, 0.15) is 0 Å². The molecule has 0 aromatic rings. The quantitative estimate of drug-likeness (QED) is 0.481. The predicted octanol–water partition coefficient (Wildman–Crippen LogP) is 0.115. The number of hydrogen-bond donors (Lipinski definition) is 4. The van der Waals surface area contributed by atoms with Crippen LogP contribution in [-0.2, 0) is 21.1 Å². The van der Waals surface area contributed by atoms with Crippen LogP contribution in [0.4, 0.5) is 0 Å². The second kappa shape index (κ2) is 1820. The molecule has 0 amide bonds. The molecule has 0 aliphatic carbocycles. The van der Waals surface area contributed by atoms with E-state index in [9.17, 15) is 0 Å². The first-order chi connectivity index (χ1) is 0. The van der Waals surface area contributed by atoms with E-state index in [2.05, 4.69) is 0 Å². The van der Waals surface area contributed by atoms with Crippen molar-refractivity contribution < 1.29 is 37.5 Å². The Labute approximate surface area is 62.7 Å². The SMILES string of the molecule is N.N.N.N.[OH-].[OH-].[OH-].[Pt+2]. The predicted molar refractivity (Wildman–Crippen MR) is 25.9 cm³/mol. The van der Waals surface area contributed by atoms with Gasteiger partial charge >= 0.3 is 21.1 Å². The van der Waals surface area contributed by atoms with Gasteiger partial charge < -0.3 is 41.0 Å². The molecule has 0 spiro atoms. The molecule has 0 unspecified atom stereocenters. The molecule has 0 bridgehead atoms. The Morgan fingerprint density at radius 3 is 0.375 bits per heavy atom. The monoisotopic (exact) mass is 314 g/mol. The van der Waals surface area contributed by atoms with Crippen LogP contribution >= 0.6 is 0 Å². The molecule has 0 fully saturated rings. The average Bonchev–Trinajstić information content (AvgIpc) is 0.